The number of para-hydroxylation sites is 2. The maximum absolute atomic E-state index is 13.2. The van der Waals surface area contributed by atoms with Crippen molar-refractivity contribution in [3.8, 4) is 5.75 Å². The Morgan fingerprint density at radius 2 is 1.86 bits per heavy atom. The van der Waals surface area contributed by atoms with Crippen LogP contribution in [0.4, 0.5) is 29.0 Å². The van der Waals surface area contributed by atoms with Crippen LogP contribution in [-0.4, -0.2) is 71.8 Å². The number of aromatic nitrogens is 3. The summed E-state index contributed by atoms with van der Waals surface area (Å²) in [6.07, 6.45) is 3.47. The van der Waals surface area contributed by atoms with E-state index in [1.54, 1.807) is 17.3 Å². The van der Waals surface area contributed by atoms with Crippen molar-refractivity contribution in [1.82, 2.24) is 19.9 Å². The number of nitrogens with one attached hydrogen (secondary N) is 2. The van der Waals surface area contributed by atoms with Gasteiger partial charge in [-0.15, -0.1) is 0 Å². The van der Waals surface area contributed by atoms with Crippen molar-refractivity contribution in [2.45, 2.75) is 26.5 Å². The van der Waals surface area contributed by atoms with Crippen molar-refractivity contribution in [2.24, 2.45) is 0 Å². The average molecular weight is 489 g/mol. The van der Waals surface area contributed by atoms with Crippen LogP contribution in [0, 0.1) is 6.92 Å². The fourth-order valence-electron chi connectivity index (χ4n) is 4.35. The molecule has 10 heteroatoms. The second-order valence-corrected chi connectivity index (χ2v) is 9.15. The van der Waals surface area contributed by atoms with Gasteiger partial charge in [0.25, 0.3) is 12.1 Å². The van der Waals surface area contributed by atoms with E-state index in [1.165, 1.54) is 0 Å². The molecule has 1 amide bonds. The SMILES string of the molecule is CCCN1C(=O)C(Nc2nc(Nc3ccc(N4CCN(C)CC4)nc3)ncc2C)Oc2ccccc21. The number of carbonyl (C=O) groups is 1. The molecule has 5 rings (SSSR count). The van der Waals surface area contributed by atoms with Gasteiger partial charge < -0.3 is 30.1 Å². The van der Waals surface area contributed by atoms with Crippen LogP contribution in [0.15, 0.2) is 48.8 Å². The third-order valence-corrected chi connectivity index (χ3v) is 6.41. The zero-order valence-corrected chi connectivity index (χ0v) is 20.9. The highest BCUT2D eigenvalue weighted by molar-refractivity contribution is 6.01. The molecular weight excluding hydrogens is 456 g/mol. The van der Waals surface area contributed by atoms with Crippen LogP contribution < -0.4 is 25.2 Å². The van der Waals surface area contributed by atoms with Crippen LogP contribution in [0.25, 0.3) is 0 Å². The normalized spacial score (nSPS) is 18.0. The maximum Gasteiger partial charge on any atom is 0.289 e. The molecule has 188 valence electrons. The van der Waals surface area contributed by atoms with Crippen molar-refractivity contribution < 1.29 is 9.53 Å². The molecule has 2 aliphatic rings. The van der Waals surface area contributed by atoms with Crippen LogP contribution in [0.2, 0.25) is 0 Å². The summed E-state index contributed by atoms with van der Waals surface area (Å²) in [5.74, 6) is 2.42. The van der Waals surface area contributed by atoms with Gasteiger partial charge in [-0.25, -0.2) is 9.97 Å². The first-order chi connectivity index (χ1) is 17.5. The molecule has 3 aromatic rings. The summed E-state index contributed by atoms with van der Waals surface area (Å²) in [6, 6.07) is 11.6. The van der Waals surface area contributed by atoms with Gasteiger partial charge in [0.2, 0.25) is 5.95 Å². The quantitative estimate of drug-likeness (QED) is 0.519. The van der Waals surface area contributed by atoms with Crippen molar-refractivity contribution in [3.05, 3.63) is 54.4 Å². The Balaban J connectivity index is 1.29. The lowest BCUT2D eigenvalue weighted by molar-refractivity contribution is -0.125. The number of piperazine rings is 1. The van der Waals surface area contributed by atoms with Crippen LogP contribution in [0.1, 0.15) is 18.9 Å². The number of amides is 1. The molecule has 0 radical (unpaired) electrons. The summed E-state index contributed by atoms with van der Waals surface area (Å²) in [5, 5.41) is 6.39. The maximum atomic E-state index is 13.2. The van der Waals surface area contributed by atoms with Crippen LogP contribution in [0.3, 0.4) is 0 Å². The van der Waals surface area contributed by atoms with E-state index < -0.39 is 6.23 Å². The van der Waals surface area contributed by atoms with Crippen LogP contribution >= 0.6 is 0 Å². The van der Waals surface area contributed by atoms with E-state index in [4.69, 9.17) is 4.74 Å². The summed E-state index contributed by atoms with van der Waals surface area (Å²) >= 11 is 0. The minimum Gasteiger partial charge on any atom is -0.459 e. The summed E-state index contributed by atoms with van der Waals surface area (Å²) in [6.45, 7) is 8.55. The molecule has 2 aromatic heterocycles. The number of carbonyl (C=O) groups excluding carboxylic acids is 1. The highest BCUT2D eigenvalue weighted by atomic mass is 16.5. The van der Waals surface area contributed by atoms with Crippen LogP contribution in [0.5, 0.6) is 5.75 Å². The molecule has 1 aromatic carbocycles. The molecule has 1 fully saturated rings. The zero-order valence-electron chi connectivity index (χ0n) is 20.9. The number of aryl methyl sites for hydroxylation is 1. The van der Waals surface area contributed by atoms with Gasteiger partial charge in [-0.3, -0.25) is 4.79 Å². The largest absolute Gasteiger partial charge is 0.459 e. The van der Waals surface area contributed by atoms with E-state index in [2.05, 4.69) is 42.4 Å². The van der Waals surface area contributed by atoms with Gasteiger partial charge in [0.1, 0.15) is 17.4 Å². The Labute approximate surface area is 211 Å². The topological polar surface area (TPSA) is 98.8 Å². The van der Waals surface area contributed by atoms with Gasteiger partial charge in [-0.05, 0) is 44.7 Å². The van der Waals surface area contributed by atoms with E-state index in [0.29, 0.717) is 24.1 Å². The van der Waals surface area contributed by atoms with Gasteiger partial charge in [0, 0.05) is 44.5 Å². The first-order valence-corrected chi connectivity index (χ1v) is 12.4. The molecule has 0 aliphatic carbocycles. The number of anilines is 5. The molecular formula is C26H32N8O2. The predicted molar refractivity (Wildman–Crippen MR) is 141 cm³/mol. The lowest BCUT2D eigenvalue weighted by Gasteiger charge is -2.34. The highest BCUT2D eigenvalue weighted by Crippen LogP contribution is 2.34. The molecule has 0 spiro atoms. The smallest absolute Gasteiger partial charge is 0.289 e. The second kappa shape index (κ2) is 10.4. The number of hydrogen-bond acceptors (Lipinski definition) is 9. The minimum absolute atomic E-state index is 0.147. The van der Waals surface area contributed by atoms with Gasteiger partial charge in [-0.1, -0.05) is 19.1 Å². The fraction of sp³-hybridized carbons (Fsp3) is 0.385. The molecule has 36 heavy (non-hydrogen) atoms. The van der Waals surface area contributed by atoms with E-state index in [1.807, 2.05) is 50.2 Å². The Hall–Kier alpha value is -3.92. The van der Waals surface area contributed by atoms with Crippen molar-refractivity contribution in [2.75, 3.05) is 60.2 Å². The first kappa shape index (κ1) is 23.8. The lowest BCUT2D eigenvalue weighted by atomic mass is 10.2. The molecule has 10 nitrogen and oxygen atoms in total. The van der Waals surface area contributed by atoms with Gasteiger partial charge in [0.05, 0.1) is 17.6 Å². The number of ether oxygens (including phenoxy) is 1. The van der Waals surface area contributed by atoms with E-state index in [-0.39, 0.29) is 5.91 Å². The summed E-state index contributed by atoms with van der Waals surface area (Å²) < 4.78 is 6.01. The van der Waals surface area contributed by atoms with Crippen molar-refractivity contribution in [1.29, 1.82) is 0 Å². The number of rotatable bonds is 7. The Morgan fingerprint density at radius 3 is 2.61 bits per heavy atom. The summed E-state index contributed by atoms with van der Waals surface area (Å²) in [4.78, 5) is 33.2. The molecule has 2 aliphatic heterocycles. The first-order valence-electron chi connectivity index (χ1n) is 12.4. The van der Waals surface area contributed by atoms with Crippen LogP contribution in [-0.2, 0) is 4.79 Å². The summed E-state index contributed by atoms with van der Waals surface area (Å²) in [7, 11) is 2.14. The van der Waals surface area contributed by atoms with E-state index in [9.17, 15) is 4.79 Å². The minimum atomic E-state index is -0.877. The Morgan fingerprint density at radius 1 is 1.06 bits per heavy atom. The Bertz CT molecular complexity index is 1210. The number of fused-ring (bicyclic) bond motifs is 1. The summed E-state index contributed by atoms with van der Waals surface area (Å²) in [5.41, 5.74) is 2.38. The number of nitrogens with zero attached hydrogens (tertiary/aromatic N) is 6. The van der Waals surface area contributed by atoms with Crippen molar-refractivity contribution >= 4 is 34.9 Å². The van der Waals surface area contributed by atoms with E-state index >= 15 is 0 Å². The molecule has 4 heterocycles. The standard InChI is InChI=1S/C26H32N8O2/c1-4-11-34-20-7-5-6-8-21(20)36-24(25(34)35)30-23-18(2)16-28-26(31-23)29-19-9-10-22(27-17-19)33-14-12-32(3)13-15-33/h5-10,16-17,24H,4,11-15H2,1-3H3,(H2,28,29,30,31). The molecule has 0 bridgehead atoms. The monoisotopic (exact) mass is 488 g/mol. The van der Waals surface area contributed by atoms with Gasteiger partial charge in [0.15, 0.2) is 0 Å². The van der Waals surface area contributed by atoms with Crippen molar-refractivity contribution in [3.63, 3.8) is 0 Å². The number of pyridine rings is 1. The zero-order chi connectivity index (χ0) is 25.1. The average Bonchev–Trinajstić information content (AvgIpc) is 2.89. The third kappa shape index (κ3) is 5.03. The second-order valence-electron chi connectivity index (χ2n) is 9.15. The Kier molecular flexibility index (Phi) is 6.86. The highest BCUT2D eigenvalue weighted by Gasteiger charge is 2.34. The van der Waals surface area contributed by atoms with Gasteiger partial charge >= 0.3 is 0 Å². The molecule has 1 unspecified atom stereocenters. The number of benzene rings is 1. The lowest BCUT2D eigenvalue weighted by Crippen LogP contribution is -2.50. The molecule has 1 saturated heterocycles. The molecule has 1 atom stereocenters. The fourth-order valence-corrected chi connectivity index (χ4v) is 4.35. The third-order valence-electron chi connectivity index (χ3n) is 6.41. The van der Waals surface area contributed by atoms with E-state index in [0.717, 1.165) is 55.4 Å². The number of likely N-dealkylation sites (N-methyl/N-ethyl adjacent to an activating group) is 1. The molecule has 0 saturated carbocycles. The van der Waals surface area contributed by atoms with Gasteiger partial charge in [-0.2, -0.15) is 4.98 Å². The number of hydrogen-bond donors (Lipinski definition) is 2. The molecule has 2 N–H and O–H groups in total. The predicted octanol–water partition coefficient (Wildman–Crippen LogP) is 3.25.